The lowest BCUT2D eigenvalue weighted by molar-refractivity contribution is 0.0395. The van der Waals surface area contributed by atoms with Gasteiger partial charge in [0.25, 0.3) is 0 Å². The summed E-state index contributed by atoms with van der Waals surface area (Å²) in [6.07, 6.45) is 1.39. The molecule has 2 aromatic rings. The molecule has 23 heavy (non-hydrogen) atoms. The highest BCUT2D eigenvalue weighted by atomic mass is 32.2. The first-order valence-corrected chi connectivity index (χ1v) is 8.37. The van der Waals surface area contributed by atoms with Crippen LogP contribution in [0.25, 0.3) is 0 Å². The number of hydrogen-bond donors (Lipinski definition) is 0. The van der Waals surface area contributed by atoms with Gasteiger partial charge in [-0.25, -0.2) is 0 Å². The lowest BCUT2D eigenvalue weighted by Crippen LogP contribution is -2.32. The average molecular weight is 326 g/mol. The van der Waals surface area contributed by atoms with Crippen molar-refractivity contribution in [2.75, 3.05) is 26.3 Å². The lowest BCUT2D eigenvalue weighted by Gasteiger charge is -2.23. The maximum atomic E-state index is 12.1. The van der Waals surface area contributed by atoms with E-state index in [0.29, 0.717) is 18.8 Å². The summed E-state index contributed by atoms with van der Waals surface area (Å²) in [7, 11) is 0. The molecular formula is C18H18N2O2S. The minimum Gasteiger partial charge on any atom is -0.378 e. The van der Waals surface area contributed by atoms with E-state index in [2.05, 4.69) is 17.2 Å². The van der Waals surface area contributed by atoms with Crippen molar-refractivity contribution >= 4 is 23.8 Å². The molecule has 1 aliphatic heterocycles. The van der Waals surface area contributed by atoms with Crippen LogP contribution in [0.15, 0.2) is 69.5 Å². The van der Waals surface area contributed by atoms with Crippen molar-refractivity contribution in [1.82, 2.24) is 5.01 Å². The fraction of sp³-hybridized carbons (Fsp3) is 0.222. The molecule has 0 bridgehead atoms. The molecule has 0 aromatic heterocycles. The first-order valence-electron chi connectivity index (χ1n) is 7.55. The van der Waals surface area contributed by atoms with Gasteiger partial charge in [0.2, 0.25) is 5.78 Å². The van der Waals surface area contributed by atoms with Crippen LogP contribution in [-0.2, 0) is 4.74 Å². The summed E-state index contributed by atoms with van der Waals surface area (Å²) in [6.45, 7) is 2.79. The maximum Gasteiger partial charge on any atom is 0.205 e. The van der Waals surface area contributed by atoms with E-state index >= 15 is 0 Å². The highest BCUT2D eigenvalue weighted by molar-refractivity contribution is 7.99. The summed E-state index contributed by atoms with van der Waals surface area (Å²) in [5, 5.41) is 6.09. The molecule has 0 spiro atoms. The van der Waals surface area contributed by atoms with Gasteiger partial charge in [-0.05, 0) is 36.4 Å². The zero-order chi connectivity index (χ0) is 15.9. The second-order valence-electron chi connectivity index (χ2n) is 5.11. The van der Waals surface area contributed by atoms with Crippen molar-refractivity contribution in [1.29, 1.82) is 0 Å². The third-order valence-corrected chi connectivity index (χ3v) is 4.46. The number of hydrogen-bond acceptors (Lipinski definition) is 5. The van der Waals surface area contributed by atoms with Crippen LogP contribution in [0.2, 0.25) is 0 Å². The summed E-state index contributed by atoms with van der Waals surface area (Å²) in [4.78, 5) is 14.4. The molecule has 118 valence electrons. The number of rotatable bonds is 5. The van der Waals surface area contributed by atoms with Crippen molar-refractivity contribution < 1.29 is 9.53 Å². The zero-order valence-electron chi connectivity index (χ0n) is 12.7. The smallest absolute Gasteiger partial charge is 0.205 e. The Morgan fingerprint density at radius 3 is 2.35 bits per heavy atom. The number of morpholine rings is 1. The minimum absolute atomic E-state index is 0.0762. The number of hydrazone groups is 1. The Balaban J connectivity index is 1.60. The van der Waals surface area contributed by atoms with E-state index in [1.165, 1.54) is 11.1 Å². The van der Waals surface area contributed by atoms with Crippen molar-refractivity contribution in [2.45, 2.75) is 9.79 Å². The number of benzene rings is 2. The molecule has 3 rings (SSSR count). The first-order chi connectivity index (χ1) is 11.3. The normalized spacial score (nSPS) is 15.0. The van der Waals surface area contributed by atoms with Gasteiger partial charge in [0.15, 0.2) is 0 Å². The minimum atomic E-state index is -0.0762. The standard InChI is InChI=1S/C18H18N2O2S/c21-18(14-19-20-10-12-22-13-11-20)15-6-8-17(9-7-15)23-16-4-2-1-3-5-16/h1-9,14H,10-13H2/b19-14-. The number of carbonyl (C=O) groups is 1. The molecule has 0 N–H and O–H groups in total. The number of Topliss-reactive ketones (excluding diaryl/α,β-unsaturated/α-hetero) is 1. The molecule has 1 heterocycles. The van der Waals surface area contributed by atoms with Crippen LogP contribution in [-0.4, -0.2) is 43.3 Å². The second-order valence-corrected chi connectivity index (χ2v) is 6.26. The number of carbonyl (C=O) groups excluding carboxylic acids is 1. The Morgan fingerprint density at radius 1 is 1.00 bits per heavy atom. The molecule has 0 aliphatic carbocycles. The summed E-state index contributed by atoms with van der Waals surface area (Å²) >= 11 is 1.68. The average Bonchev–Trinajstić information content (AvgIpc) is 2.62. The van der Waals surface area contributed by atoms with E-state index in [1.807, 2.05) is 47.5 Å². The van der Waals surface area contributed by atoms with Crippen molar-refractivity contribution in [3.8, 4) is 0 Å². The molecular weight excluding hydrogens is 308 g/mol. The van der Waals surface area contributed by atoms with Gasteiger partial charge in [-0.3, -0.25) is 9.80 Å². The van der Waals surface area contributed by atoms with Crippen LogP contribution < -0.4 is 0 Å². The molecule has 2 aromatic carbocycles. The van der Waals surface area contributed by atoms with Crippen LogP contribution in [0, 0.1) is 0 Å². The highest BCUT2D eigenvalue weighted by Gasteiger charge is 2.08. The largest absolute Gasteiger partial charge is 0.378 e. The number of ketones is 1. The predicted molar refractivity (Wildman–Crippen MR) is 92.2 cm³/mol. The van der Waals surface area contributed by atoms with E-state index in [9.17, 15) is 4.79 Å². The fourth-order valence-corrected chi connectivity index (χ4v) is 3.03. The second kappa shape index (κ2) is 7.94. The first kappa shape index (κ1) is 15.8. The molecule has 1 saturated heterocycles. The van der Waals surface area contributed by atoms with E-state index < -0.39 is 0 Å². The molecule has 0 amide bonds. The van der Waals surface area contributed by atoms with Gasteiger partial charge in [0, 0.05) is 15.4 Å². The Bertz CT molecular complexity index is 665. The van der Waals surface area contributed by atoms with Crippen LogP contribution in [0.5, 0.6) is 0 Å². The summed E-state index contributed by atoms with van der Waals surface area (Å²) in [5.74, 6) is -0.0762. The molecule has 1 aliphatic rings. The topological polar surface area (TPSA) is 41.9 Å². The van der Waals surface area contributed by atoms with Gasteiger partial charge in [0.05, 0.1) is 32.5 Å². The van der Waals surface area contributed by atoms with Gasteiger partial charge >= 0.3 is 0 Å². The Morgan fingerprint density at radius 2 is 1.65 bits per heavy atom. The van der Waals surface area contributed by atoms with Crippen molar-refractivity contribution in [3.63, 3.8) is 0 Å². The van der Waals surface area contributed by atoms with E-state index in [-0.39, 0.29) is 5.78 Å². The van der Waals surface area contributed by atoms with Crippen molar-refractivity contribution in [3.05, 3.63) is 60.2 Å². The van der Waals surface area contributed by atoms with Crippen LogP contribution >= 0.6 is 11.8 Å². The molecule has 0 saturated carbocycles. The third kappa shape index (κ3) is 4.68. The predicted octanol–water partition coefficient (Wildman–Crippen LogP) is 3.34. The SMILES string of the molecule is O=C(/C=N\N1CCOCC1)c1ccc(Sc2ccccc2)cc1. The van der Waals surface area contributed by atoms with Crippen LogP contribution in [0.1, 0.15) is 10.4 Å². The number of nitrogens with zero attached hydrogens (tertiary/aromatic N) is 2. The van der Waals surface area contributed by atoms with Gasteiger partial charge < -0.3 is 4.74 Å². The Labute approximate surface area is 140 Å². The molecule has 1 fully saturated rings. The third-order valence-electron chi connectivity index (χ3n) is 3.44. The molecule has 0 atom stereocenters. The summed E-state index contributed by atoms with van der Waals surface area (Å²) in [5.41, 5.74) is 0.652. The van der Waals surface area contributed by atoms with Gasteiger partial charge in [0.1, 0.15) is 0 Å². The molecule has 4 nitrogen and oxygen atoms in total. The van der Waals surface area contributed by atoms with Crippen molar-refractivity contribution in [2.24, 2.45) is 5.10 Å². The maximum absolute atomic E-state index is 12.1. The molecule has 0 radical (unpaired) electrons. The van der Waals surface area contributed by atoms with E-state index in [1.54, 1.807) is 11.8 Å². The van der Waals surface area contributed by atoms with Crippen LogP contribution in [0.3, 0.4) is 0 Å². The highest BCUT2D eigenvalue weighted by Crippen LogP contribution is 2.27. The number of ether oxygens (including phenoxy) is 1. The zero-order valence-corrected chi connectivity index (χ0v) is 13.5. The lowest BCUT2D eigenvalue weighted by atomic mass is 10.1. The van der Waals surface area contributed by atoms with Gasteiger partial charge in [-0.2, -0.15) is 5.10 Å². The van der Waals surface area contributed by atoms with E-state index in [0.717, 1.165) is 18.0 Å². The molecule has 5 heteroatoms. The Hall–Kier alpha value is -2.11. The van der Waals surface area contributed by atoms with E-state index in [4.69, 9.17) is 4.74 Å². The van der Waals surface area contributed by atoms with Gasteiger partial charge in [-0.1, -0.05) is 30.0 Å². The van der Waals surface area contributed by atoms with Crippen LogP contribution in [0.4, 0.5) is 0 Å². The fourth-order valence-electron chi connectivity index (χ4n) is 2.19. The van der Waals surface area contributed by atoms with Gasteiger partial charge in [-0.15, -0.1) is 0 Å². The quantitative estimate of drug-likeness (QED) is 0.624. The summed E-state index contributed by atoms with van der Waals surface area (Å²) in [6, 6.07) is 17.8. The Kier molecular flexibility index (Phi) is 5.45. The monoisotopic (exact) mass is 326 g/mol. The molecule has 0 unspecified atom stereocenters. The summed E-state index contributed by atoms with van der Waals surface area (Å²) < 4.78 is 5.25.